The monoisotopic (exact) mass is 337 g/mol. The molecule has 126 valence electrons. The summed E-state index contributed by atoms with van der Waals surface area (Å²) >= 11 is 0. The SMILES string of the molecule is CC(=O)N1CCc2ccc(S(=O)(=O)N[C@H]3CN(C)C[C@H]3C)cc21. The Kier molecular flexibility index (Phi) is 4.20. The number of nitrogens with zero attached hydrogens (tertiary/aromatic N) is 2. The van der Waals surface area contributed by atoms with E-state index in [0.29, 0.717) is 13.1 Å². The topological polar surface area (TPSA) is 69.7 Å². The molecule has 0 unspecified atom stereocenters. The maximum absolute atomic E-state index is 12.7. The van der Waals surface area contributed by atoms with E-state index in [2.05, 4.69) is 16.5 Å². The van der Waals surface area contributed by atoms with Gasteiger partial charge in [-0.2, -0.15) is 0 Å². The van der Waals surface area contributed by atoms with Crippen LogP contribution in [0.4, 0.5) is 5.69 Å². The van der Waals surface area contributed by atoms with E-state index in [4.69, 9.17) is 0 Å². The number of likely N-dealkylation sites (tertiary alicyclic amines) is 1. The van der Waals surface area contributed by atoms with E-state index in [-0.39, 0.29) is 22.8 Å². The van der Waals surface area contributed by atoms with Gasteiger partial charge < -0.3 is 9.80 Å². The second kappa shape index (κ2) is 5.89. The van der Waals surface area contributed by atoms with Gasteiger partial charge in [0.2, 0.25) is 15.9 Å². The second-order valence-corrected chi connectivity index (χ2v) is 8.35. The molecular formula is C16H23N3O3S. The molecule has 2 heterocycles. The van der Waals surface area contributed by atoms with E-state index in [0.717, 1.165) is 24.2 Å². The third kappa shape index (κ3) is 3.13. The summed E-state index contributed by atoms with van der Waals surface area (Å²) in [5, 5.41) is 0. The molecule has 1 aromatic rings. The molecule has 1 N–H and O–H groups in total. The number of carbonyl (C=O) groups excluding carboxylic acids is 1. The quantitative estimate of drug-likeness (QED) is 0.887. The van der Waals surface area contributed by atoms with Gasteiger partial charge in [-0.3, -0.25) is 4.79 Å². The minimum absolute atomic E-state index is 0.0581. The molecule has 0 bridgehead atoms. The average Bonchev–Trinajstić information content (AvgIpc) is 3.01. The van der Waals surface area contributed by atoms with Crippen molar-refractivity contribution >= 4 is 21.6 Å². The Bertz CT molecular complexity index is 732. The van der Waals surface area contributed by atoms with Crippen molar-refractivity contribution < 1.29 is 13.2 Å². The lowest BCUT2D eigenvalue weighted by Crippen LogP contribution is -2.39. The van der Waals surface area contributed by atoms with Crippen LogP contribution in [-0.4, -0.2) is 51.9 Å². The fourth-order valence-electron chi connectivity index (χ4n) is 3.48. The number of hydrogen-bond acceptors (Lipinski definition) is 4. The zero-order chi connectivity index (χ0) is 16.8. The highest BCUT2D eigenvalue weighted by atomic mass is 32.2. The van der Waals surface area contributed by atoms with E-state index in [1.807, 2.05) is 13.1 Å². The molecule has 6 nitrogen and oxygen atoms in total. The molecule has 2 atom stereocenters. The summed E-state index contributed by atoms with van der Waals surface area (Å²) in [5.41, 5.74) is 1.74. The van der Waals surface area contributed by atoms with Crippen LogP contribution in [0.2, 0.25) is 0 Å². The number of likely N-dealkylation sites (N-methyl/N-ethyl adjacent to an activating group) is 1. The Labute approximate surface area is 137 Å². The van der Waals surface area contributed by atoms with Gasteiger partial charge in [0.05, 0.1) is 4.90 Å². The van der Waals surface area contributed by atoms with Crippen molar-refractivity contribution in [2.24, 2.45) is 5.92 Å². The first-order valence-electron chi connectivity index (χ1n) is 7.90. The van der Waals surface area contributed by atoms with E-state index >= 15 is 0 Å². The number of rotatable bonds is 3. The van der Waals surface area contributed by atoms with Gasteiger partial charge in [-0.15, -0.1) is 0 Å². The number of fused-ring (bicyclic) bond motifs is 1. The van der Waals surface area contributed by atoms with Crippen molar-refractivity contribution in [2.45, 2.75) is 31.2 Å². The van der Waals surface area contributed by atoms with Gasteiger partial charge in [-0.1, -0.05) is 13.0 Å². The fraction of sp³-hybridized carbons (Fsp3) is 0.562. The molecular weight excluding hydrogens is 314 g/mol. The zero-order valence-electron chi connectivity index (χ0n) is 13.7. The van der Waals surface area contributed by atoms with Crippen LogP contribution < -0.4 is 9.62 Å². The zero-order valence-corrected chi connectivity index (χ0v) is 14.6. The van der Waals surface area contributed by atoms with Crippen LogP contribution in [0.1, 0.15) is 19.4 Å². The Hall–Kier alpha value is -1.44. The highest BCUT2D eigenvalue weighted by molar-refractivity contribution is 7.89. The van der Waals surface area contributed by atoms with Gasteiger partial charge >= 0.3 is 0 Å². The van der Waals surface area contributed by atoms with Gasteiger partial charge in [0, 0.05) is 38.3 Å². The summed E-state index contributed by atoms with van der Waals surface area (Å²) in [7, 11) is -1.59. The molecule has 23 heavy (non-hydrogen) atoms. The number of nitrogens with one attached hydrogen (secondary N) is 1. The summed E-state index contributed by atoms with van der Waals surface area (Å²) in [6, 6.07) is 4.99. The first kappa shape index (κ1) is 16.4. The lowest BCUT2D eigenvalue weighted by Gasteiger charge is -2.18. The molecule has 0 radical (unpaired) electrons. The van der Waals surface area contributed by atoms with Crippen molar-refractivity contribution in [1.29, 1.82) is 0 Å². The number of anilines is 1. The number of hydrogen-bond donors (Lipinski definition) is 1. The van der Waals surface area contributed by atoms with Gasteiger partial charge in [0.15, 0.2) is 0 Å². The molecule has 7 heteroatoms. The van der Waals surface area contributed by atoms with E-state index in [9.17, 15) is 13.2 Å². The lowest BCUT2D eigenvalue weighted by molar-refractivity contribution is -0.116. The van der Waals surface area contributed by atoms with Gasteiger partial charge in [-0.25, -0.2) is 13.1 Å². The van der Waals surface area contributed by atoms with Crippen molar-refractivity contribution in [1.82, 2.24) is 9.62 Å². The number of sulfonamides is 1. The molecule has 1 aromatic carbocycles. The summed E-state index contributed by atoms with van der Waals surface area (Å²) in [5.74, 6) is 0.218. The summed E-state index contributed by atoms with van der Waals surface area (Å²) in [4.78, 5) is 15.7. The van der Waals surface area contributed by atoms with E-state index < -0.39 is 10.0 Å². The Balaban J connectivity index is 1.87. The molecule has 1 amide bonds. The molecule has 1 fully saturated rings. The predicted octanol–water partition coefficient (Wildman–Crippen LogP) is 0.824. The molecule has 0 spiro atoms. The lowest BCUT2D eigenvalue weighted by atomic mass is 10.1. The molecule has 3 rings (SSSR count). The molecule has 2 aliphatic heterocycles. The standard InChI is InChI=1S/C16H23N3O3S/c1-11-9-18(3)10-15(11)17-23(21,22)14-5-4-13-6-7-19(12(2)20)16(13)8-14/h4-5,8,11,15,17H,6-7,9-10H2,1-3H3/t11-,15+/m1/s1. The normalized spacial score (nSPS) is 24.9. The number of carbonyl (C=O) groups is 1. The average molecular weight is 337 g/mol. The Morgan fingerprint density at radius 1 is 1.30 bits per heavy atom. The summed E-state index contributed by atoms with van der Waals surface area (Å²) < 4.78 is 28.2. The maximum atomic E-state index is 12.7. The van der Waals surface area contributed by atoms with Crippen molar-refractivity contribution in [2.75, 3.05) is 31.6 Å². The van der Waals surface area contributed by atoms with Gasteiger partial charge in [0.1, 0.15) is 0 Å². The van der Waals surface area contributed by atoms with Crippen molar-refractivity contribution in [3.63, 3.8) is 0 Å². The van der Waals surface area contributed by atoms with Crippen molar-refractivity contribution in [3.8, 4) is 0 Å². The van der Waals surface area contributed by atoms with E-state index in [1.165, 1.54) is 6.92 Å². The third-order valence-corrected chi connectivity index (χ3v) is 6.23. The Morgan fingerprint density at radius 3 is 2.65 bits per heavy atom. The van der Waals surface area contributed by atoms with Gasteiger partial charge in [-0.05, 0) is 37.1 Å². The molecule has 2 aliphatic rings. The third-order valence-electron chi connectivity index (χ3n) is 4.74. The predicted molar refractivity (Wildman–Crippen MR) is 88.9 cm³/mol. The molecule has 1 saturated heterocycles. The van der Waals surface area contributed by atoms with Crippen LogP contribution in [0.5, 0.6) is 0 Å². The first-order chi connectivity index (χ1) is 10.8. The highest BCUT2D eigenvalue weighted by Crippen LogP contribution is 2.31. The van der Waals surface area contributed by atoms with Crippen LogP contribution >= 0.6 is 0 Å². The van der Waals surface area contributed by atoms with Crippen LogP contribution in [0.25, 0.3) is 0 Å². The summed E-state index contributed by atoms with van der Waals surface area (Å²) in [6.45, 7) is 5.77. The first-order valence-corrected chi connectivity index (χ1v) is 9.38. The van der Waals surface area contributed by atoms with Crippen LogP contribution in [-0.2, 0) is 21.2 Å². The Morgan fingerprint density at radius 2 is 2.04 bits per heavy atom. The smallest absolute Gasteiger partial charge is 0.240 e. The van der Waals surface area contributed by atoms with E-state index in [1.54, 1.807) is 17.0 Å². The minimum atomic E-state index is -3.59. The minimum Gasteiger partial charge on any atom is -0.312 e. The number of amides is 1. The molecule has 0 aromatic heterocycles. The fourth-order valence-corrected chi connectivity index (χ4v) is 4.84. The molecule has 0 saturated carbocycles. The largest absolute Gasteiger partial charge is 0.312 e. The number of benzene rings is 1. The van der Waals surface area contributed by atoms with Crippen LogP contribution in [0.15, 0.2) is 23.1 Å². The van der Waals surface area contributed by atoms with Crippen molar-refractivity contribution in [3.05, 3.63) is 23.8 Å². The van der Waals surface area contributed by atoms with Crippen LogP contribution in [0.3, 0.4) is 0 Å². The second-order valence-electron chi connectivity index (χ2n) is 6.64. The van der Waals surface area contributed by atoms with Gasteiger partial charge in [0.25, 0.3) is 0 Å². The van der Waals surface area contributed by atoms with Crippen LogP contribution in [0, 0.1) is 5.92 Å². The highest BCUT2D eigenvalue weighted by Gasteiger charge is 2.32. The molecule has 0 aliphatic carbocycles. The maximum Gasteiger partial charge on any atom is 0.240 e. The summed E-state index contributed by atoms with van der Waals surface area (Å²) in [6.07, 6.45) is 0.771.